The van der Waals surface area contributed by atoms with Gasteiger partial charge in [-0.25, -0.2) is 0 Å². The third-order valence-corrected chi connectivity index (χ3v) is 2.92. The van der Waals surface area contributed by atoms with E-state index in [9.17, 15) is 0 Å². The third-order valence-electron chi connectivity index (χ3n) is 2.92. The molecule has 1 aliphatic rings. The molecule has 0 amide bonds. The molecule has 0 spiro atoms. The van der Waals surface area contributed by atoms with Crippen molar-refractivity contribution in [1.29, 1.82) is 0 Å². The highest BCUT2D eigenvalue weighted by Gasteiger charge is 2.14. The first-order valence-electron chi connectivity index (χ1n) is 5.53. The van der Waals surface area contributed by atoms with Gasteiger partial charge in [0, 0.05) is 24.4 Å². The van der Waals surface area contributed by atoms with Gasteiger partial charge in [-0.3, -0.25) is 0 Å². The van der Waals surface area contributed by atoms with Crippen molar-refractivity contribution in [2.24, 2.45) is 0 Å². The molecule has 1 aliphatic carbocycles. The van der Waals surface area contributed by atoms with Crippen LogP contribution in [0.5, 0.6) is 0 Å². The van der Waals surface area contributed by atoms with E-state index in [1.807, 2.05) is 6.08 Å². The quantitative estimate of drug-likeness (QED) is 0.674. The van der Waals surface area contributed by atoms with Crippen molar-refractivity contribution in [3.8, 4) is 0 Å². The minimum atomic E-state index is 0.478. The van der Waals surface area contributed by atoms with Gasteiger partial charge in [-0.05, 0) is 32.3 Å². The van der Waals surface area contributed by atoms with Crippen molar-refractivity contribution in [3.05, 3.63) is 48.2 Å². The Labute approximate surface area is 93.5 Å². The minimum absolute atomic E-state index is 0.478. The molecule has 0 saturated carbocycles. The van der Waals surface area contributed by atoms with Crippen LogP contribution in [0.2, 0.25) is 0 Å². The Balaban J connectivity index is 2.88. The Morgan fingerprint density at radius 3 is 2.53 bits per heavy atom. The Kier molecular flexibility index (Phi) is 3.96. The average molecular weight is 203 g/mol. The second-order valence-electron chi connectivity index (χ2n) is 4.21. The minimum Gasteiger partial charge on any atom is -0.372 e. The molecule has 82 valence electrons. The van der Waals surface area contributed by atoms with E-state index in [-0.39, 0.29) is 0 Å². The van der Waals surface area contributed by atoms with Gasteiger partial charge in [0.25, 0.3) is 0 Å². The zero-order chi connectivity index (χ0) is 11.4. The summed E-state index contributed by atoms with van der Waals surface area (Å²) < 4.78 is 0. The summed E-state index contributed by atoms with van der Waals surface area (Å²) in [5.41, 5.74) is 3.56. The summed E-state index contributed by atoms with van der Waals surface area (Å²) in [5, 5.41) is 0. The van der Waals surface area contributed by atoms with E-state index >= 15 is 0 Å². The zero-order valence-electron chi connectivity index (χ0n) is 10.1. The molecule has 0 fully saturated rings. The van der Waals surface area contributed by atoms with Crippen molar-refractivity contribution in [3.63, 3.8) is 0 Å². The van der Waals surface area contributed by atoms with E-state index in [2.05, 4.69) is 51.1 Å². The van der Waals surface area contributed by atoms with E-state index in [0.717, 1.165) is 18.5 Å². The lowest BCUT2D eigenvalue weighted by Gasteiger charge is -2.29. The molecule has 1 heteroatoms. The fraction of sp³-hybridized carbons (Fsp3) is 0.429. The van der Waals surface area contributed by atoms with Crippen LogP contribution in [0.3, 0.4) is 0 Å². The molecule has 0 saturated heterocycles. The van der Waals surface area contributed by atoms with Crippen LogP contribution in [-0.4, -0.2) is 18.0 Å². The van der Waals surface area contributed by atoms with Crippen molar-refractivity contribution in [2.45, 2.75) is 32.7 Å². The Hall–Kier alpha value is -1.24. The second-order valence-corrected chi connectivity index (χ2v) is 4.21. The topological polar surface area (TPSA) is 3.24 Å². The monoisotopic (exact) mass is 203 g/mol. The summed E-state index contributed by atoms with van der Waals surface area (Å²) >= 11 is 0. The molecule has 0 aromatic heterocycles. The number of hydrogen-bond donors (Lipinski definition) is 0. The van der Waals surface area contributed by atoms with Gasteiger partial charge in [-0.1, -0.05) is 31.4 Å². The van der Waals surface area contributed by atoms with Crippen molar-refractivity contribution >= 4 is 0 Å². The van der Waals surface area contributed by atoms with Crippen molar-refractivity contribution < 1.29 is 0 Å². The van der Waals surface area contributed by atoms with Crippen LogP contribution < -0.4 is 0 Å². The summed E-state index contributed by atoms with van der Waals surface area (Å²) in [6, 6.07) is 0.478. The maximum Gasteiger partial charge on any atom is 0.0369 e. The van der Waals surface area contributed by atoms with Crippen LogP contribution in [0.1, 0.15) is 26.7 Å². The molecule has 0 radical (unpaired) electrons. The number of allylic oxidation sites excluding steroid dienone is 4. The van der Waals surface area contributed by atoms with Crippen LogP contribution in [0.25, 0.3) is 0 Å². The SMILES string of the molecule is C=CC1=CCCC=C1C(=C)N(C)C(C)C. The largest absolute Gasteiger partial charge is 0.372 e. The molecule has 1 rings (SSSR count). The highest BCUT2D eigenvalue weighted by molar-refractivity contribution is 5.51. The normalized spacial score (nSPS) is 15.7. The molecular weight excluding hydrogens is 182 g/mol. The molecule has 0 N–H and O–H groups in total. The van der Waals surface area contributed by atoms with E-state index in [0.29, 0.717) is 6.04 Å². The lowest BCUT2D eigenvalue weighted by Crippen LogP contribution is -2.26. The molecule has 0 bridgehead atoms. The van der Waals surface area contributed by atoms with Gasteiger partial charge in [-0.15, -0.1) is 0 Å². The lowest BCUT2D eigenvalue weighted by atomic mass is 9.95. The van der Waals surface area contributed by atoms with Gasteiger partial charge in [0.15, 0.2) is 0 Å². The van der Waals surface area contributed by atoms with Crippen molar-refractivity contribution in [1.82, 2.24) is 4.90 Å². The maximum atomic E-state index is 4.17. The highest BCUT2D eigenvalue weighted by Crippen LogP contribution is 2.27. The van der Waals surface area contributed by atoms with Gasteiger partial charge < -0.3 is 4.90 Å². The van der Waals surface area contributed by atoms with E-state index < -0.39 is 0 Å². The zero-order valence-corrected chi connectivity index (χ0v) is 10.1. The molecule has 0 atom stereocenters. The highest BCUT2D eigenvalue weighted by atomic mass is 15.1. The predicted octanol–water partition coefficient (Wildman–Crippen LogP) is 3.67. The molecule has 0 aromatic rings. The summed E-state index contributed by atoms with van der Waals surface area (Å²) in [4.78, 5) is 2.20. The van der Waals surface area contributed by atoms with Crippen molar-refractivity contribution in [2.75, 3.05) is 7.05 Å². The summed E-state index contributed by atoms with van der Waals surface area (Å²) in [5.74, 6) is 0. The van der Waals surface area contributed by atoms with E-state index in [1.165, 1.54) is 11.1 Å². The van der Waals surface area contributed by atoms with Gasteiger partial charge in [0.05, 0.1) is 0 Å². The number of nitrogens with zero attached hydrogens (tertiary/aromatic N) is 1. The maximum absolute atomic E-state index is 4.17. The summed E-state index contributed by atoms with van der Waals surface area (Å²) in [6.07, 6.45) is 8.64. The van der Waals surface area contributed by atoms with Gasteiger partial charge in [-0.2, -0.15) is 0 Å². The second kappa shape index (κ2) is 5.01. The third kappa shape index (κ3) is 2.62. The van der Waals surface area contributed by atoms with E-state index in [1.54, 1.807) is 0 Å². The standard InChI is InChI=1S/C14H21N/c1-6-13-9-7-8-10-14(13)12(4)15(5)11(2)3/h6,9-11H,1,4,7-8H2,2-3,5H3. The molecule has 0 aromatic carbocycles. The van der Waals surface area contributed by atoms with Crippen LogP contribution in [-0.2, 0) is 0 Å². The van der Waals surface area contributed by atoms with Gasteiger partial charge in [0.1, 0.15) is 0 Å². The number of rotatable bonds is 4. The van der Waals surface area contributed by atoms with Crippen LogP contribution in [0.4, 0.5) is 0 Å². The molecule has 0 aliphatic heterocycles. The van der Waals surface area contributed by atoms with Crippen LogP contribution in [0, 0.1) is 0 Å². The lowest BCUT2D eigenvalue weighted by molar-refractivity contribution is 0.352. The first-order valence-corrected chi connectivity index (χ1v) is 5.53. The van der Waals surface area contributed by atoms with Gasteiger partial charge in [0.2, 0.25) is 0 Å². The predicted molar refractivity (Wildman–Crippen MR) is 67.6 cm³/mol. The Morgan fingerprint density at radius 2 is 2.00 bits per heavy atom. The van der Waals surface area contributed by atoms with Crippen LogP contribution >= 0.6 is 0 Å². The smallest absolute Gasteiger partial charge is 0.0369 e. The fourth-order valence-corrected chi connectivity index (χ4v) is 1.67. The summed E-state index contributed by atoms with van der Waals surface area (Å²) in [7, 11) is 2.09. The Bertz CT molecular complexity index is 318. The average Bonchev–Trinajstić information content (AvgIpc) is 2.26. The molecular formula is C14H21N. The van der Waals surface area contributed by atoms with E-state index in [4.69, 9.17) is 0 Å². The fourth-order valence-electron chi connectivity index (χ4n) is 1.67. The summed E-state index contributed by atoms with van der Waals surface area (Å²) in [6.45, 7) is 12.4. The molecule has 15 heavy (non-hydrogen) atoms. The first-order chi connectivity index (χ1) is 7.07. The number of hydrogen-bond acceptors (Lipinski definition) is 1. The molecule has 0 heterocycles. The first kappa shape index (κ1) is 11.8. The molecule has 1 nitrogen and oxygen atoms in total. The van der Waals surface area contributed by atoms with Gasteiger partial charge >= 0.3 is 0 Å². The Morgan fingerprint density at radius 1 is 1.40 bits per heavy atom. The molecule has 0 unspecified atom stereocenters. The van der Waals surface area contributed by atoms with Crippen LogP contribution in [0.15, 0.2) is 48.2 Å². The number of likely N-dealkylation sites (N-methyl/N-ethyl adjacent to an activating group) is 1.